The minimum atomic E-state index is -2.35. The summed E-state index contributed by atoms with van der Waals surface area (Å²) in [5, 5.41) is 9.45. The lowest BCUT2D eigenvalue weighted by molar-refractivity contribution is 0.396. The molecule has 0 aliphatic carbocycles. The van der Waals surface area contributed by atoms with Crippen LogP contribution in [-0.2, 0) is 9.73 Å². The van der Waals surface area contributed by atoms with Gasteiger partial charge in [-0.05, 0) is 31.2 Å². The second-order valence-corrected chi connectivity index (χ2v) is 8.59. The molecule has 118 valence electrons. The predicted molar refractivity (Wildman–Crippen MR) is 90.7 cm³/mol. The van der Waals surface area contributed by atoms with E-state index < -0.39 is 9.73 Å². The van der Waals surface area contributed by atoms with E-state index in [9.17, 15) is 4.21 Å². The Morgan fingerprint density at radius 1 is 1.32 bits per heavy atom. The number of hydrogen-bond donors (Lipinski definition) is 1. The fourth-order valence-corrected chi connectivity index (χ4v) is 3.88. The van der Waals surface area contributed by atoms with Gasteiger partial charge in [-0.3, -0.25) is 8.99 Å². The van der Waals surface area contributed by atoms with Gasteiger partial charge in [0.1, 0.15) is 0 Å². The lowest BCUT2D eigenvalue weighted by atomic mass is 9.94. The summed E-state index contributed by atoms with van der Waals surface area (Å²) in [6, 6.07) is 8.10. The molecule has 5 nitrogen and oxygen atoms in total. The molecule has 2 aromatic rings. The Morgan fingerprint density at radius 2 is 2.05 bits per heavy atom. The molecule has 1 aromatic heterocycles. The second-order valence-electron chi connectivity index (χ2n) is 6.18. The molecule has 1 saturated heterocycles. The fourth-order valence-electron chi connectivity index (χ4n) is 3.10. The highest BCUT2D eigenvalue weighted by Gasteiger charge is 2.21. The molecule has 1 atom stereocenters. The topological polar surface area (TPSA) is 69.9 Å². The van der Waals surface area contributed by atoms with Gasteiger partial charge in [-0.1, -0.05) is 18.2 Å². The summed E-state index contributed by atoms with van der Waals surface area (Å²) in [5.74, 6) is 1.11. The van der Waals surface area contributed by atoms with Crippen LogP contribution in [0.25, 0.3) is 10.9 Å². The van der Waals surface area contributed by atoms with Crippen molar-refractivity contribution in [1.29, 1.82) is 4.78 Å². The molecular formula is C16H22N4OS. The Hall–Kier alpha value is -1.69. The molecule has 1 aromatic carbocycles. The Morgan fingerprint density at radius 3 is 2.77 bits per heavy atom. The number of fused-ring (bicyclic) bond motifs is 1. The minimum Gasteiger partial charge on any atom is -0.370 e. The Labute approximate surface area is 131 Å². The van der Waals surface area contributed by atoms with Gasteiger partial charge in [-0.2, -0.15) is 10.2 Å². The van der Waals surface area contributed by atoms with Crippen LogP contribution in [0.4, 0.5) is 5.69 Å². The van der Waals surface area contributed by atoms with E-state index in [-0.39, 0.29) is 0 Å². The standard InChI is InChI=1S/C16H22N4OS/c1-22(17,21)11-8-13-6-9-20(10-7-13)16-12-18-19-15-5-3-2-4-14(15)16/h2-5,12-13,17H,6-11H2,1H3. The molecule has 0 saturated carbocycles. The maximum atomic E-state index is 11.5. The molecule has 22 heavy (non-hydrogen) atoms. The van der Waals surface area contributed by atoms with E-state index in [0.717, 1.165) is 48.9 Å². The average molecular weight is 318 g/mol. The molecule has 1 aliphatic rings. The third kappa shape index (κ3) is 3.55. The number of hydrogen-bond acceptors (Lipinski definition) is 5. The molecule has 2 heterocycles. The van der Waals surface area contributed by atoms with Crippen LogP contribution in [0.1, 0.15) is 19.3 Å². The first-order valence-corrected chi connectivity index (χ1v) is 9.83. The smallest absolute Gasteiger partial charge is 0.0950 e. The zero-order valence-corrected chi connectivity index (χ0v) is 13.7. The van der Waals surface area contributed by atoms with E-state index in [1.54, 1.807) is 0 Å². The summed E-state index contributed by atoms with van der Waals surface area (Å²) in [6.07, 6.45) is 6.47. The van der Waals surface area contributed by atoms with Crippen molar-refractivity contribution in [1.82, 2.24) is 10.2 Å². The summed E-state index contributed by atoms with van der Waals surface area (Å²) in [6.45, 7) is 1.98. The average Bonchev–Trinajstić information content (AvgIpc) is 2.52. The van der Waals surface area contributed by atoms with Crippen molar-refractivity contribution >= 4 is 26.3 Å². The van der Waals surface area contributed by atoms with E-state index in [1.165, 1.54) is 6.26 Å². The van der Waals surface area contributed by atoms with E-state index in [1.807, 2.05) is 24.4 Å². The van der Waals surface area contributed by atoms with E-state index >= 15 is 0 Å². The van der Waals surface area contributed by atoms with Gasteiger partial charge in [0.25, 0.3) is 0 Å². The quantitative estimate of drug-likeness (QED) is 0.941. The lowest BCUT2D eigenvalue weighted by Gasteiger charge is -2.34. The number of aromatic nitrogens is 2. The highest BCUT2D eigenvalue weighted by molar-refractivity contribution is 7.91. The van der Waals surface area contributed by atoms with Crippen LogP contribution in [0.15, 0.2) is 30.5 Å². The van der Waals surface area contributed by atoms with Crippen LogP contribution in [-0.4, -0.2) is 39.5 Å². The molecule has 0 radical (unpaired) electrons. The Bertz CT molecular complexity index is 746. The predicted octanol–water partition coefficient (Wildman–Crippen LogP) is 2.91. The van der Waals surface area contributed by atoms with Gasteiger partial charge < -0.3 is 4.90 Å². The fraction of sp³-hybridized carbons (Fsp3) is 0.500. The maximum Gasteiger partial charge on any atom is 0.0950 e. The van der Waals surface area contributed by atoms with Crippen molar-refractivity contribution in [2.24, 2.45) is 5.92 Å². The zero-order valence-electron chi connectivity index (χ0n) is 12.9. The molecule has 6 heteroatoms. The monoisotopic (exact) mass is 318 g/mol. The maximum absolute atomic E-state index is 11.5. The van der Waals surface area contributed by atoms with E-state index in [2.05, 4.69) is 21.2 Å². The van der Waals surface area contributed by atoms with E-state index in [4.69, 9.17) is 4.78 Å². The van der Waals surface area contributed by atoms with Crippen LogP contribution < -0.4 is 4.90 Å². The highest BCUT2D eigenvalue weighted by Crippen LogP contribution is 2.29. The number of nitrogens with one attached hydrogen (secondary N) is 1. The van der Waals surface area contributed by atoms with Gasteiger partial charge in [0, 0.05) is 40.2 Å². The summed E-state index contributed by atoms with van der Waals surface area (Å²) >= 11 is 0. The number of piperidine rings is 1. The third-order valence-corrected chi connectivity index (χ3v) is 5.41. The summed E-state index contributed by atoms with van der Waals surface area (Å²) in [5.41, 5.74) is 2.09. The van der Waals surface area contributed by atoms with Crippen molar-refractivity contribution in [3.8, 4) is 0 Å². The Kier molecular flexibility index (Phi) is 4.29. The largest absolute Gasteiger partial charge is 0.370 e. The SMILES string of the molecule is CS(=N)(=O)CCC1CCN(c2cnnc3ccccc23)CC1. The molecule has 0 bridgehead atoms. The van der Waals surface area contributed by atoms with Crippen molar-refractivity contribution in [2.75, 3.05) is 30.0 Å². The lowest BCUT2D eigenvalue weighted by Crippen LogP contribution is -2.34. The van der Waals surface area contributed by atoms with E-state index in [0.29, 0.717) is 11.7 Å². The first kappa shape index (κ1) is 15.2. The first-order chi connectivity index (χ1) is 10.5. The van der Waals surface area contributed by atoms with Crippen molar-refractivity contribution in [2.45, 2.75) is 19.3 Å². The molecule has 3 rings (SSSR count). The number of nitrogens with zero attached hydrogens (tertiary/aromatic N) is 3. The number of rotatable bonds is 4. The zero-order chi connectivity index (χ0) is 15.6. The molecule has 1 fully saturated rings. The van der Waals surface area contributed by atoms with Gasteiger partial charge in [-0.15, -0.1) is 0 Å². The van der Waals surface area contributed by atoms with Crippen LogP contribution >= 0.6 is 0 Å². The van der Waals surface area contributed by atoms with Crippen LogP contribution in [0, 0.1) is 10.7 Å². The van der Waals surface area contributed by atoms with Crippen molar-refractivity contribution in [3.63, 3.8) is 0 Å². The van der Waals surface area contributed by atoms with Gasteiger partial charge in [0.05, 0.1) is 17.4 Å². The van der Waals surface area contributed by atoms with Crippen molar-refractivity contribution < 1.29 is 4.21 Å². The molecule has 0 spiro atoms. The minimum absolute atomic E-state index is 0.525. The summed E-state index contributed by atoms with van der Waals surface area (Å²) < 4.78 is 19.0. The first-order valence-electron chi connectivity index (χ1n) is 7.70. The van der Waals surface area contributed by atoms with Crippen LogP contribution in [0.3, 0.4) is 0 Å². The van der Waals surface area contributed by atoms with Crippen molar-refractivity contribution in [3.05, 3.63) is 30.5 Å². The van der Waals surface area contributed by atoms with Gasteiger partial charge in [0.2, 0.25) is 0 Å². The van der Waals surface area contributed by atoms with Crippen LogP contribution in [0.2, 0.25) is 0 Å². The molecule has 1 N–H and O–H groups in total. The second kappa shape index (κ2) is 6.20. The Balaban J connectivity index is 1.68. The highest BCUT2D eigenvalue weighted by atomic mass is 32.2. The summed E-state index contributed by atoms with van der Waals surface area (Å²) in [4.78, 5) is 2.37. The third-order valence-electron chi connectivity index (χ3n) is 4.40. The normalized spacial score (nSPS) is 19.2. The van der Waals surface area contributed by atoms with Gasteiger partial charge in [0.15, 0.2) is 0 Å². The van der Waals surface area contributed by atoms with Crippen LogP contribution in [0.5, 0.6) is 0 Å². The molecular weight excluding hydrogens is 296 g/mol. The molecule has 0 amide bonds. The number of anilines is 1. The van der Waals surface area contributed by atoms with Gasteiger partial charge >= 0.3 is 0 Å². The van der Waals surface area contributed by atoms with Gasteiger partial charge in [-0.25, -0.2) is 0 Å². The summed E-state index contributed by atoms with van der Waals surface area (Å²) in [7, 11) is -2.35. The number of benzene rings is 1. The molecule has 1 aliphatic heterocycles. The molecule has 1 unspecified atom stereocenters.